The predicted molar refractivity (Wildman–Crippen MR) is 146 cm³/mol. The molecule has 0 radical (unpaired) electrons. The monoisotopic (exact) mass is 538 g/mol. The first-order valence-corrected chi connectivity index (χ1v) is 14.1. The molecule has 0 saturated heterocycles. The molecule has 0 aliphatic heterocycles. The number of benzene rings is 3. The predicted octanol–water partition coefficient (Wildman–Crippen LogP) is 3.01. The van der Waals surface area contributed by atoms with Gasteiger partial charge in [-0.2, -0.15) is 0 Å². The molecule has 0 saturated carbocycles. The number of ether oxygens (including phenoxy) is 1. The van der Waals surface area contributed by atoms with Gasteiger partial charge in [0.25, 0.3) is 0 Å². The molecular weight excluding hydrogens is 504 g/mol. The van der Waals surface area contributed by atoms with Crippen molar-refractivity contribution in [3.05, 3.63) is 77.9 Å². The van der Waals surface area contributed by atoms with Crippen molar-refractivity contribution in [1.29, 1.82) is 0 Å². The summed E-state index contributed by atoms with van der Waals surface area (Å²) in [4.78, 5) is 38.6. The van der Waals surface area contributed by atoms with Crippen molar-refractivity contribution in [2.24, 2.45) is 5.92 Å². The Balaban J connectivity index is 1.74. The molecular formula is C29H34N2O6S. The summed E-state index contributed by atoms with van der Waals surface area (Å²) in [7, 11) is -1.04. The summed E-state index contributed by atoms with van der Waals surface area (Å²) in [6.07, 6.45) is 0.293. The molecule has 0 aliphatic carbocycles. The summed E-state index contributed by atoms with van der Waals surface area (Å²) in [5, 5.41) is 7.21. The Bertz CT molecular complexity index is 1380. The van der Waals surface area contributed by atoms with Crippen LogP contribution in [0.3, 0.4) is 0 Å². The first-order chi connectivity index (χ1) is 18.1. The molecule has 202 valence electrons. The Hall–Kier alpha value is -3.56. The van der Waals surface area contributed by atoms with E-state index >= 15 is 0 Å². The average Bonchev–Trinajstić information content (AvgIpc) is 2.91. The van der Waals surface area contributed by atoms with E-state index in [1.54, 1.807) is 12.1 Å². The van der Waals surface area contributed by atoms with E-state index in [0.717, 1.165) is 21.9 Å². The van der Waals surface area contributed by atoms with Crippen molar-refractivity contribution in [2.45, 2.75) is 37.1 Å². The van der Waals surface area contributed by atoms with Crippen molar-refractivity contribution < 1.29 is 27.5 Å². The molecule has 0 fully saturated rings. The van der Waals surface area contributed by atoms with E-state index in [1.807, 2.05) is 49.4 Å². The Morgan fingerprint density at radius 2 is 1.63 bits per heavy atom. The van der Waals surface area contributed by atoms with Gasteiger partial charge in [-0.1, -0.05) is 60.2 Å². The number of sulfone groups is 1. The number of carbonyl (C=O) groups excluding carboxylic acids is 3. The fraction of sp³-hybridized carbons (Fsp3) is 0.345. The van der Waals surface area contributed by atoms with Gasteiger partial charge in [0.1, 0.15) is 6.04 Å². The number of carbonyl (C=O) groups is 3. The van der Waals surface area contributed by atoms with Gasteiger partial charge in [-0.05, 0) is 41.8 Å². The lowest BCUT2D eigenvalue weighted by molar-refractivity contribution is -0.133. The molecule has 0 unspecified atom stereocenters. The minimum Gasteiger partial charge on any atom is -0.382 e. The number of hydrogen-bond acceptors (Lipinski definition) is 6. The van der Waals surface area contributed by atoms with Crippen LogP contribution in [0, 0.1) is 12.8 Å². The number of hydrogen-bond donors (Lipinski definition) is 2. The molecule has 2 amide bonds. The van der Waals surface area contributed by atoms with Crippen LogP contribution in [0.15, 0.2) is 71.6 Å². The highest BCUT2D eigenvalue weighted by Crippen LogP contribution is 2.21. The van der Waals surface area contributed by atoms with E-state index in [1.165, 1.54) is 26.3 Å². The first kappa shape index (κ1) is 29.0. The van der Waals surface area contributed by atoms with Crippen LogP contribution in [0.2, 0.25) is 0 Å². The molecule has 3 aromatic carbocycles. The third kappa shape index (κ3) is 7.72. The van der Waals surface area contributed by atoms with Crippen LogP contribution in [0.4, 0.5) is 0 Å². The maximum Gasteiger partial charge on any atom is 0.225 e. The Labute approximate surface area is 223 Å². The Morgan fingerprint density at radius 3 is 2.32 bits per heavy atom. The van der Waals surface area contributed by atoms with Crippen molar-refractivity contribution in [2.75, 3.05) is 26.5 Å². The maximum absolute atomic E-state index is 13.2. The third-order valence-electron chi connectivity index (χ3n) is 6.44. The minimum absolute atomic E-state index is 0.0670. The Kier molecular flexibility index (Phi) is 10.2. The molecule has 0 spiro atoms. The molecule has 2 N–H and O–H groups in total. The van der Waals surface area contributed by atoms with E-state index in [2.05, 4.69) is 10.6 Å². The molecule has 0 aliphatic rings. The van der Waals surface area contributed by atoms with E-state index in [9.17, 15) is 22.8 Å². The largest absolute Gasteiger partial charge is 0.382 e. The number of Topliss-reactive ketones (excluding diaryl/α,β-unsaturated/α-hetero) is 1. The van der Waals surface area contributed by atoms with Gasteiger partial charge in [-0.3, -0.25) is 14.4 Å². The van der Waals surface area contributed by atoms with E-state index in [0.29, 0.717) is 6.42 Å². The van der Waals surface area contributed by atoms with Crippen LogP contribution >= 0.6 is 0 Å². The summed E-state index contributed by atoms with van der Waals surface area (Å²) in [5.74, 6) is -3.17. The highest BCUT2D eigenvalue weighted by molar-refractivity contribution is 7.91. The zero-order chi connectivity index (χ0) is 27.7. The smallest absolute Gasteiger partial charge is 0.225 e. The van der Waals surface area contributed by atoms with Gasteiger partial charge in [0, 0.05) is 27.0 Å². The summed E-state index contributed by atoms with van der Waals surface area (Å²) >= 11 is 0. The maximum atomic E-state index is 13.2. The molecule has 38 heavy (non-hydrogen) atoms. The van der Waals surface area contributed by atoms with Crippen molar-refractivity contribution >= 4 is 38.2 Å². The molecule has 2 atom stereocenters. The molecule has 8 nitrogen and oxygen atoms in total. The van der Waals surface area contributed by atoms with Crippen LogP contribution < -0.4 is 10.6 Å². The van der Waals surface area contributed by atoms with Crippen molar-refractivity contribution in [3.63, 3.8) is 0 Å². The SMILES string of the molecule is CNC(=O)C[C@H](CS(=O)(=O)c1ccc(C)cc1)C(=O)N[C@@H](COC)C(=O)CCc1cccc2ccccc12. The summed E-state index contributed by atoms with van der Waals surface area (Å²) in [5.41, 5.74) is 1.91. The lowest BCUT2D eigenvalue weighted by Gasteiger charge is -2.22. The molecule has 0 aromatic heterocycles. The van der Waals surface area contributed by atoms with Crippen molar-refractivity contribution in [3.8, 4) is 0 Å². The molecule has 3 aromatic rings. The molecule has 3 rings (SSSR count). The number of rotatable bonds is 13. The number of nitrogens with one attached hydrogen (secondary N) is 2. The minimum atomic E-state index is -3.87. The summed E-state index contributed by atoms with van der Waals surface area (Å²) < 4.78 is 31.3. The van der Waals surface area contributed by atoms with Crippen LogP contribution in [0.1, 0.15) is 24.0 Å². The van der Waals surface area contributed by atoms with Crippen LogP contribution in [0.5, 0.6) is 0 Å². The number of methoxy groups -OCH3 is 1. The van der Waals surface area contributed by atoms with Crippen LogP contribution in [0.25, 0.3) is 10.8 Å². The lowest BCUT2D eigenvalue weighted by Crippen LogP contribution is -2.48. The van der Waals surface area contributed by atoms with E-state index < -0.39 is 39.4 Å². The van der Waals surface area contributed by atoms with Gasteiger partial charge in [0.2, 0.25) is 11.8 Å². The fourth-order valence-electron chi connectivity index (χ4n) is 4.27. The van der Waals surface area contributed by atoms with Gasteiger partial charge in [-0.15, -0.1) is 0 Å². The number of fused-ring (bicyclic) bond motifs is 1. The topological polar surface area (TPSA) is 119 Å². The summed E-state index contributed by atoms with van der Waals surface area (Å²) in [6, 6.07) is 19.1. The van der Waals surface area contributed by atoms with Crippen LogP contribution in [-0.4, -0.2) is 58.6 Å². The van der Waals surface area contributed by atoms with Gasteiger partial charge >= 0.3 is 0 Å². The normalized spacial score (nSPS) is 13.0. The van der Waals surface area contributed by atoms with Gasteiger partial charge in [0.05, 0.1) is 23.2 Å². The zero-order valence-electron chi connectivity index (χ0n) is 21.9. The third-order valence-corrected chi connectivity index (χ3v) is 8.27. The quantitative estimate of drug-likeness (QED) is 0.345. The summed E-state index contributed by atoms with van der Waals surface area (Å²) in [6.45, 7) is 1.77. The first-order valence-electron chi connectivity index (χ1n) is 12.4. The number of ketones is 1. The fourth-order valence-corrected chi connectivity index (χ4v) is 5.82. The highest BCUT2D eigenvalue weighted by Gasteiger charge is 2.31. The molecule has 0 heterocycles. The van der Waals surface area contributed by atoms with Gasteiger partial charge in [0.15, 0.2) is 15.6 Å². The zero-order valence-corrected chi connectivity index (χ0v) is 22.7. The number of aryl methyl sites for hydroxylation is 2. The van der Waals surface area contributed by atoms with Gasteiger partial charge < -0.3 is 15.4 Å². The second-order valence-electron chi connectivity index (χ2n) is 9.29. The second kappa shape index (κ2) is 13.3. The standard InChI is InChI=1S/C29H34N2O6S/c1-20-11-14-24(15-12-20)38(35,36)19-23(17-28(33)30-2)29(34)31-26(18-37-3)27(32)16-13-22-9-6-8-21-7-4-5-10-25(21)22/h4-12,14-15,23,26H,13,16-19H2,1-3H3,(H,30,33)(H,31,34)/t23-,26+/m1/s1. The lowest BCUT2D eigenvalue weighted by atomic mass is 9.98. The Morgan fingerprint density at radius 1 is 0.947 bits per heavy atom. The average molecular weight is 539 g/mol. The van der Waals surface area contributed by atoms with E-state index in [4.69, 9.17) is 4.74 Å². The van der Waals surface area contributed by atoms with E-state index in [-0.39, 0.29) is 30.1 Å². The van der Waals surface area contributed by atoms with Gasteiger partial charge in [-0.25, -0.2) is 8.42 Å². The highest BCUT2D eigenvalue weighted by atomic mass is 32.2. The van der Waals surface area contributed by atoms with Crippen LogP contribution in [-0.2, 0) is 35.4 Å². The number of amides is 2. The van der Waals surface area contributed by atoms with Crippen molar-refractivity contribution in [1.82, 2.24) is 10.6 Å². The second-order valence-corrected chi connectivity index (χ2v) is 11.3. The molecule has 0 bridgehead atoms. The molecule has 9 heteroatoms.